The van der Waals surface area contributed by atoms with E-state index in [4.69, 9.17) is 15.6 Å². The highest BCUT2D eigenvalue weighted by Crippen LogP contribution is 2.20. The number of anilines is 1. The molecule has 0 amide bonds. The molecule has 7 heteroatoms. The van der Waals surface area contributed by atoms with Crippen LogP contribution < -0.4 is 11.1 Å². The summed E-state index contributed by atoms with van der Waals surface area (Å²) in [6.07, 6.45) is 0. The largest absolute Gasteiger partial charge is 0.480 e. The molecular weight excluding hydrogens is 242 g/mol. The number of carboxylic acid groups (broad SMARTS) is 1. The molecule has 2 atom stereocenters. The molecule has 6 nitrogen and oxygen atoms in total. The Labute approximate surface area is 104 Å². The summed E-state index contributed by atoms with van der Waals surface area (Å²) in [5.74, 6) is -1.08. The summed E-state index contributed by atoms with van der Waals surface area (Å²) in [4.78, 5) is 14.8. The molecule has 0 aliphatic heterocycles. The van der Waals surface area contributed by atoms with Crippen LogP contribution in [0.25, 0.3) is 0 Å². The van der Waals surface area contributed by atoms with Crippen molar-refractivity contribution in [2.45, 2.75) is 25.9 Å². The van der Waals surface area contributed by atoms with E-state index >= 15 is 0 Å². The molecule has 1 aromatic rings. The van der Waals surface area contributed by atoms with Gasteiger partial charge >= 0.3 is 5.97 Å². The average molecular weight is 259 g/mol. The van der Waals surface area contributed by atoms with Crippen molar-refractivity contribution in [2.24, 2.45) is 5.73 Å². The maximum Gasteiger partial charge on any atom is 0.326 e. The molecule has 1 heterocycles. The number of nitrogens with zero attached hydrogens (tertiary/aromatic N) is 1. The second-order valence-corrected chi connectivity index (χ2v) is 4.46. The number of nitrogens with one attached hydrogen (secondary N) is 1. The molecule has 2 unspecified atom stereocenters. The third-order valence-corrected chi connectivity index (χ3v) is 2.84. The van der Waals surface area contributed by atoms with E-state index < -0.39 is 12.0 Å². The van der Waals surface area contributed by atoms with E-state index in [2.05, 4.69) is 10.3 Å². The van der Waals surface area contributed by atoms with Crippen LogP contribution in [0.4, 0.5) is 5.13 Å². The molecular formula is C10H17N3O3S. The highest BCUT2D eigenvalue weighted by atomic mass is 32.1. The molecule has 0 spiro atoms. The highest BCUT2D eigenvalue weighted by Gasteiger charge is 2.18. The van der Waals surface area contributed by atoms with Gasteiger partial charge in [-0.2, -0.15) is 0 Å². The van der Waals surface area contributed by atoms with Crippen LogP contribution in [-0.4, -0.2) is 35.3 Å². The Kier molecular flexibility index (Phi) is 5.33. The Morgan fingerprint density at radius 2 is 2.47 bits per heavy atom. The molecule has 1 rings (SSSR count). The lowest BCUT2D eigenvalue weighted by Crippen LogP contribution is -2.23. The van der Waals surface area contributed by atoms with Crippen LogP contribution in [0.2, 0.25) is 0 Å². The van der Waals surface area contributed by atoms with Gasteiger partial charge in [0, 0.05) is 18.0 Å². The second kappa shape index (κ2) is 6.53. The van der Waals surface area contributed by atoms with Crippen molar-refractivity contribution in [2.75, 3.05) is 18.5 Å². The van der Waals surface area contributed by atoms with Crippen molar-refractivity contribution in [3.05, 3.63) is 11.1 Å². The standard InChI is InChI=1S/C10H17N3O3S/c1-3-16-4-6(2)12-10-13-7(5-17-10)8(11)9(14)15/h5-6,8H,3-4,11H2,1-2H3,(H,12,13)(H,14,15). The number of rotatable bonds is 7. The van der Waals surface area contributed by atoms with Crippen LogP contribution >= 0.6 is 11.3 Å². The number of ether oxygens (including phenoxy) is 1. The third-order valence-electron chi connectivity index (χ3n) is 2.05. The fourth-order valence-electron chi connectivity index (χ4n) is 1.17. The molecule has 0 aliphatic carbocycles. The summed E-state index contributed by atoms with van der Waals surface area (Å²) in [6, 6.07) is -0.945. The summed E-state index contributed by atoms with van der Waals surface area (Å²) in [5, 5.41) is 14.2. The van der Waals surface area contributed by atoms with Crippen molar-refractivity contribution < 1.29 is 14.6 Å². The monoisotopic (exact) mass is 259 g/mol. The normalized spacial score (nSPS) is 14.3. The number of hydrogen-bond acceptors (Lipinski definition) is 6. The third kappa shape index (κ3) is 4.29. The summed E-state index contributed by atoms with van der Waals surface area (Å²) in [6.45, 7) is 5.14. The smallest absolute Gasteiger partial charge is 0.326 e. The van der Waals surface area contributed by atoms with Gasteiger partial charge < -0.3 is 20.9 Å². The molecule has 17 heavy (non-hydrogen) atoms. The molecule has 0 bridgehead atoms. The fraction of sp³-hybridized carbons (Fsp3) is 0.600. The first-order chi connectivity index (χ1) is 8.04. The van der Waals surface area contributed by atoms with Gasteiger partial charge in [-0.15, -0.1) is 11.3 Å². The van der Waals surface area contributed by atoms with Crippen molar-refractivity contribution in [1.29, 1.82) is 0 Å². The predicted octanol–water partition coefficient (Wildman–Crippen LogP) is 1.06. The molecule has 0 aromatic carbocycles. The number of thiazole rings is 1. The van der Waals surface area contributed by atoms with Crippen LogP contribution in [0.1, 0.15) is 25.6 Å². The minimum atomic E-state index is -1.08. The van der Waals surface area contributed by atoms with Crippen molar-refractivity contribution >= 4 is 22.4 Å². The first-order valence-electron chi connectivity index (χ1n) is 5.32. The number of aromatic nitrogens is 1. The number of aliphatic carboxylic acids is 1. The van der Waals surface area contributed by atoms with E-state index in [0.717, 1.165) is 0 Å². The fourth-order valence-corrected chi connectivity index (χ4v) is 2.03. The zero-order valence-corrected chi connectivity index (χ0v) is 10.7. The van der Waals surface area contributed by atoms with Crippen LogP contribution in [0.15, 0.2) is 5.38 Å². The van der Waals surface area contributed by atoms with Gasteiger partial charge in [-0.1, -0.05) is 0 Å². The predicted molar refractivity (Wildman–Crippen MR) is 66.3 cm³/mol. The van der Waals surface area contributed by atoms with Gasteiger partial charge in [0.15, 0.2) is 5.13 Å². The molecule has 0 fully saturated rings. The summed E-state index contributed by atoms with van der Waals surface area (Å²) >= 11 is 1.34. The highest BCUT2D eigenvalue weighted by molar-refractivity contribution is 7.13. The first-order valence-corrected chi connectivity index (χ1v) is 6.20. The average Bonchev–Trinajstić information content (AvgIpc) is 2.73. The number of carbonyl (C=O) groups is 1. The number of carboxylic acids is 1. The molecule has 0 aliphatic rings. The minimum absolute atomic E-state index is 0.120. The minimum Gasteiger partial charge on any atom is -0.480 e. The second-order valence-electron chi connectivity index (χ2n) is 3.60. The van der Waals surface area contributed by atoms with Crippen LogP contribution in [0.5, 0.6) is 0 Å². The van der Waals surface area contributed by atoms with E-state index in [9.17, 15) is 4.79 Å². The summed E-state index contributed by atoms with van der Waals surface area (Å²) < 4.78 is 5.26. The topological polar surface area (TPSA) is 97.5 Å². The zero-order valence-electron chi connectivity index (χ0n) is 9.84. The quantitative estimate of drug-likeness (QED) is 0.677. The van der Waals surface area contributed by atoms with E-state index in [1.165, 1.54) is 11.3 Å². The lowest BCUT2D eigenvalue weighted by atomic mass is 10.2. The summed E-state index contributed by atoms with van der Waals surface area (Å²) in [7, 11) is 0. The maximum absolute atomic E-state index is 10.7. The lowest BCUT2D eigenvalue weighted by molar-refractivity contribution is -0.138. The molecule has 0 saturated heterocycles. The number of nitrogens with two attached hydrogens (primary N) is 1. The van der Waals surface area contributed by atoms with Gasteiger partial charge in [-0.05, 0) is 13.8 Å². The van der Waals surface area contributed by atoms with E-state index in [1.54, 1.807) is 5.38 Å². The van der Waals surface area contributed by atoms with Crippen molar-refractivity contribution in [3.63, 3.8) is 0 Å². The van der Waals surface area contributed by atoms with Crippen LogP contribution in [0, 0.1) is 0 Å². The number of hydrogen-bond donors (Lipinski definition) is 3. The van der Waals surface area contributed by atoms with E-state index in [1.807, 2.05) is 13.8 Å². The molecule has 1 aromatic heterocycles. The Morgan fingerprint density at radius 1 is 1.76 bits per heavy atom. The summed E-state index contributed by atoms with van der Waals surface area (Å²) in [5.41, 5.74) is 5.82. The molecule has 0 radical (unpaired) electrons. The van der Waals surface area contributed by atoms with Gasteiger partial charge in [0.05, 0.1) is 12.3 Å². The first kappa shape index (κ1) is 13.9. The molecule has 4 N–H and O–H groups in total. The molecule has 96 valence electrons. The van der Waals surface area contributed by atoms with Gasteiger partial charge in [-0.3, -0.25) is 4.79 Å². The lowest BCUT2D eigenvalue weighted by Gasteiger charge is -2.12. The molecule has 0 saturated carbocycles. The zero-order chi connectivity index (χ0) is 12.8. The Balaban J connectivity index is 2.53. The Hall–Kier alpha value is -1.18. The van der Waals surface area contributed by atoms with Crippen molar-refractivity contribution in [1.82, 2.24) is 4.98 Å². The van der Waals surface area contributed by atoms with Gasteiger partial charge in [-0.25, -0.2) is 4.98 Å². The maximum atomic E-state index is 10.7. The van der Waals surface area contributed by atoms with E-state index in [-0.39, 0.29) is 6.04 Å². The van der Waals surface area contributed by atoms with Crippen molar-refractivity contribution in [3.8, 4) is 0 Å². The Bertz CT molecular complexity index is 369. The Morgan fingerprint density at radius 3 is 3.06 bits per heavy atom. The van der Waals surface area contributed by atoms with Gasteiger partial charge in [0.1, 0.15) is 6.04 Å². The van der Waals surface area contributed by atoms with Gasteiger partial charge in [0.25, 0.3) is 0 Å². The SMILES string of the molecule is CCOCC(C)Nc1nc(C(N)C(=O)O)cs1. The van der Waals surface area contributed by atoms with Crippen LogP contribution in [0.3, 0.4) is 0 Å². The van der Waals surface area contributed by atoms with E-state index in [0.29, 0.717) is 24.0 Å². The van der Waals surface area contributed by atoms with Gasteiger partial charge in [0.2, 0.25) is 0 Å². The van der Waals surface area contributed by atoms with Crippen LogP contribution in [-0.2, 0) is 9.53 Å².